The van der Waals surface area contributed by atoms with Gasteiger partial charge in [-0.15, -0.1) is 0 Å². The summed E-state index contributed by atoms with van der Waals surface area (Å²) in [5, 5.41) is 9.25. The molecule has 6 nitrogen and oxygen atoms in total. The number of hydrogen-bond acceptors (Lipinski definition) is 4. The Morgan fingerprint density at radius 2 is 1.96 bits per heavy atom. The topological polar surface area (TPSA) is 79.5 Å². The smallest absolute Gasteiger partial charge is 0.251 e. The Labute approximate surface area is 148 Å². The third-order valence-electron chi connectivity index (χ3n) is 5.54. The fourth-order valence-corrected chi connectivity index (χ4v) is 4.06. The van der Waals surface area contributed by atoms with E-state index in [0.717, 1.165) is 38.1 Å². The van der Waals surface area contributed by atoms with Gasteiger partial charge < -0.3 is 20.7 Å². The molecule has 1 aliphatic heterocycles. The van der Waals surface area contributed by atoms with E-state index in [4.69, 9.17) is 4.74 Å². The molecule has 0 aromatic heterocycles. The van der Waals surface area contributed by atoms with Crippen molar-refractivity contribution < 1.29 is 14.3 Å². The lowest BCUT2D eigenvalue weighted by Gasteiger charge is -2.37. The molecule has 3 rings (SSSR count). The zero-order valence-corrected chi connectivity index (χ0v) is 14.8. The molecule has 136 valence electrons. The quantitative estimate of drug-likeness (QED) is 0.680. The van der Waals surface area contributed by atoms with Crippen LogP contribution in [-0.2, 0) is 4.79 Å². The number of amides is 2. The maximum Gasteiger partial charge on any atom is 0.251 e. The number of fused-ring (bicyclic) bond motifs is 1. The number of hydrogen-bond donors (Lipinski definition) is 3. The van der Waals surface area contributed by atoms with E-state index in [1.807, 2.05) is 0 Å². The van der Waals surface area contributed by atoms with Crippen molar-refractivity contribution in [2.45, 2.75) is 25.7 Å². The van der Waals surface area contributed by atoms with E-state index in [-0.39, 0.29) is 17.2 Å². The third-order valence-corrected chi connectivity index (χ3v) is 5.54. The minimum atomic E-state index is -0.238. The van der Waals surface area contributed by atoms with Gasteiger partial charge in [-0.25, -0.2) is 0 Å². The summed E-state index contributed by atoms with van der Waals surface area (Å²) in [5.74, 6) is 1.17. The number of carbonyl (C=O) groups excluding carboxylic acids is 2. The second-order valence-electron chi connectivity index (χ2n) is 6.97. The van der Waals surface area contributed by atoms with Crippen molar-refractivity contribution in [2.24, 2.45) is 11.3 Å². The SMILES string of the molecule is COc1ccc(C(=O)NCCNC(=O)[C@@]23CCCC[C@H]2CNC3)cc1. The molecule has 2 amide bonds. The van der Waals surface area contributed by atoms with Crippen molar-refractivity contribution in [1.29, 1.82) is 0 Å². The van der Waals surface area contributed by atoms with Crippen LogP contribution in [0.25, 0.3) is 0 Å². The van der Waals surface area contributed by atoms with Gasteiger partial charge in [-0.05, 0) is 49.6 Å². The summed E-state index contributed by atoms with van der Waals surface area (Å²) in [6.07, 6.45) is 4.45. The third kappa shape index (κ3) is 3.79. The zero-order valence-electron chi connectivity index (χ0n) is 14.8. The number of carbonyl (C=O) groups is 2. The van der Waals surface area contributed by atoms with E-state index >= 15 is 0 Å². The highest BCUT2D eigenvalue weighted by molar-refractivity contribution is 5.94. The highest BCUT2D eigenvalue weighted by Gasteiger charge is 2.49. The van der Waals surface area contributed by atoms with Gasteiger partial charge >= 0.3 is 0 Å². The number of rotatable bonds is 6. The van der Waals surface area contributed by atoms with Crippen molar-refractivity contribution in [3.8, 4) is 5.75 Å². The van der Waals surface area contributed by atoms with Crippen molar-refractivity contribution in [3.63, 3.8) is 0 Å². The molecule has 2 atom stereocenters. The van der Waals surface area contributed by atoms with Crippen LogP contribution >= 0.6 is 0 Å². The molecule has 0 unspecified atom stereocenters. The normalized spacial score (nSPS) is 25.1. The average Bonchev–Trinajstić information content (AvgIpc) is 3.10. The second kappa shape index (κ2) is 7.87. The van der Waals surface area contributed by atoms with Gasteiger partial charge in [0.05, 0.1) is 12.5 Å². The summed E-state index contributed by atoms with van der Waals surface area (Å²) in [7, 11) is 1.59. The van der Waals surface area contributed by atoms with Crippen LogP contribution in [0.5, 0.6) is 5.75 Å². The highest BCUT2D eigenvalue weighted by atomic mass is 16.5. The molecule has 2 aliphatic rings. The fraction of sp³-hybridized carbons (Fsp3) is 0.579. The maximum atomic E-state index is 12.7. The molecule has 1 aromatic carbocycles. The predicted molar refractivity (Wildman–Crippen MR) is 95.6 cm³/mol. The van der Waals surface area contributed by atoms with Gasteiger partial charge in [0.2, 0.25) is 5.91 Å². The minimum Gasteiger partial charge on any atom is -0.497 e. The Bertz CT molecular complexity index is 617. The van der Waals surface area contributed by atoms with Crippen LogP contribution in [0.1, 0.15) is 36.0 Å². The molecule has 1 aliphatic carbocycles. The Hall–Kier alpha value is -2.08. The molecular weight excluding hydrogens is 318 g/mol. The molecule has 2 fully saturated rings. The monoisotopic (exact) mass is 345 g/mol. The zero-order chi connectivity index (χ0) is 17.7. The number of benzene rings is 1. The van der Waals surface area contributed by atoms with E-state index in [2.05, 4.69) is 16.0 Å². The summed E-state index contributed by atoms with van der Waals surface area (Å²) in [5.41, 5.74) is 0.344. The van der Waals surface area contributed by atoms with Crippen LogP contribution in [0.15, 0.2) is 24.3 Å². The molecule has 1 saturated heterocycles. The summed E-state index contributed by atoms with van der Waals surface area (Å²) in [4.78, 5) is 24.8. The first-order valence-electron chi connectivity index (χ1n) is 9.07. The maximum absolute atomic E-state index is 12.7. The average molecular weight is 345 g/mol. The Balaban J connectivity index is 1.44. The van der Waals surface area contributed by atoms with Crippen molar-refractivity contribution in [1.82, 2.24) is 16.0 Å². The van der Waals surface area contributed by atoms with Gasteiger partial charge in [-0.1, -0.05) is 12.8 Å². The van der Waals surface area contributed by atoms with Gasteiger partial charge in [-0.2, -0.15) is 0 Å². The molecule has 0 spiro atoms. The summed E-state index contributed by atoms with van der Waals surface area (Å²) in [6, 6.07) is 6.96. The van der Waals surface area contributed by atoms with Gasteiger partial charge in [-0.3, -0.25) is 9.59 Å². The van der Waals surface area contributed by atoms with E-state index in [1.165, 1.54) is 6.42 Å². The van der Waals surface area contributed by atoms with Gasteiger partial charge in [0.1, 0.15) is 5.75 Å². The van der Waals surface area contributed by atoms with Crippen molar-refractivity contribution in [2.75, 3.05) is 33.3 Å². The first kappa shape index (κ1) is 17.7. The molecule has 0 bridgehead atoms. The van der Waals surface area contributed by atoms with Crippen LogP contribution in [-0.4, -0.2) is 45.1 Å². The lowest BCUT2D eigenvalue weighted by Crippen LogP contribution is -2.49. The van der Waals surface area contributed by atoms with Crippen LogP contribution in [0.2, 0.25) is 0 Å². The van der Waals surface area contributed by atoms with E-state index in [0.29, 0.717) is 24.6 Å². The molecule has 25 heavy (non-hydrogen) atoms. The largest absolute Gasteiger partial charge is 0.497 e. The standard InChI is InChI=1S/C19H27N3O3/c1-25-16-7-5-14(6-8-16)17(23)21-10-11-22-18(24)19-9-3-2-4-15(19)12-20-13-19/h5-8,15,20H,2-4,9-13H2,1H3,(H,21,23)(H,22,24)/t15-,19+/m0/s1. The van der Waals surface area contributed by atoms with Crippen molar-refractivity contribution >= 4 is 11.8 Å². The number of nitrogens with one attached hydrogen (secondary N) is 3. The minimum absolute atomic E-state index is 0.140. The lowest BCUT2D eigenvalue weighted by molar-refractivity contribution is -0.133. The van der Waals surface area contributed by atoms with Crippen LogP contribution in [0.3, 0.4) is 0 Å². The molecule has 1 saturated carbocycles. The van der Waals surface area contributed by atoms with E-state index < -0.39 is 0 Å². The van der Waals surface area contributed by atoms with Gasteiger partial charge in [0.25, 0.3) is 5.91 Å². The lowest BCUT2D eigenvalue weighted by atomic mass is 9.67. The molecule has 6 heteroatoms. The van der Waals surface area contributed by atoms with Crippen molar-refractivity contribution in [3.05, 3.63) is 29.8 Å². The van der Waals surface area contributed by atoms with Gasteiger partial charge in [0, 0.05) is 25.2 Å². The van der Waals surface area contributed by atoms with E-state index in [1.54, 1.807) is 31.4 Å². The molecule has 1 aromatic rings. The van der Waals surface area contributed by atoms with Crippen LogP contribution < -0.4 is 20.7 Å². The summed E-state index contributed by atoms with van der Waals surface area (Å²) >= 11 is 0. The summed E-state index contributed by atoms with van der Waals surface area (Å²) < 4.78 is 5.08. The number of methoxy groups -OCH3 is 1. The van der Waals surface area contributed by atoms with Crippen LogP contribution in [0.4, 0.5) is 0 Å². The number of ether oxygens (including phenoxy) is 1. The molecule has 0 radical (unpaired) electrons. The first-order chi connectivity index (χ1) is 12.2. The molecule has 1 heterocycles. The fourth-order valence-electron chi connectivity index (χ4n) is 4.06. The highest BCUT2D eigenvalue weighted by Crippen LogP contribution is 2.43. The Morgan fingerprint density at radius 3 is 2.72 bits per heavy atom. The Morgan fingerprint density at radius 1 is 1.20 bits per heavy atom. The second-order valence-corrected chi connectivity index (χ2v) is 6.97. The summed E-state index contributed by atoms with van der Waals surface area (Å²) in [6.45, 7) is 2.60. The predicted octanol–water partition coefficient (Wildman–Crippen LogP) is 1.32. The van der Waals surface area contributed by atoms with E-state index in [9.17, 15) is 9.59 Å². The Kier molecular flexibility index (Phi) is 5.58. The van der Waals surface area contributed by atoms with Gasteiger partial charge in [0.15, 0.2) is 0 Å². The molecular formula is C19H27N3O3. The first-order valence-corrected chi connectivity index (χ1v) is 9.07. The molecule has 3 N–H and O–H groups in total. The van der Waals surface area contributed by atoms with Crippen LogP contribution in [0, 0.1) is 11.3 Å².